The standard InChI is InChI=1S/C12H14ClNO4/c1-6(15)4-8(16)7-5-9(17-2)10(13)11(14)12(7)18-3/h5H,4,14H2,1-3H3. The van der Waals surface area contributed by atoms with Crippen LogP contribution in [0.1, 0.15) is 23.7 Å². The highest BCUT2D eigenvalue weighted by Crippen LogP contribution is 2.40. The first kappa shape index (κ1) is 14.3. The molecule has 0 amide bonds. The summed E-state index contributed by atoms with van der Waals surface area (Å²) < 4.78 is 10.1. The van der Waals surface area contributed by atoms with Gasteiger partial charge >= 0.3 is 0 Å². The van der Waals surface area contributed by atoms with Crippen LogP contribution >= 0.6 is 11.6 Å². The number of benzene rings is 1. The molecule has 0 aliphatic carbocycles. The second-order valence-electron chi connectivity index (χ2n) is 3.69. The van der Waals surface area contributed by atoms with Gasteiger partial charge in [0.25, 0.3) is 0 Å². The van der Waals surface area contributed by atoms with Crippen molar-refractivity contribution >= 4 is 28.9 Å². The van der Waals surface area contributed by atoms with E-state index in [1.165, 1.54) is 27.2 Å². The predicted octanol–water partition coefficient (Wildman–Crippen LogP) is 2.10. The van der Waals surface area contributed by atoms with Gasteiger partial charge in [0.2, 0.25) is 0 Å². The first-order chi connectivity index (χ1) is 8.42. The summed E-state index contributed by atoms with van der Waals surface area (Å²) in [5.41, 5.74) is 6.07. The van der Waals surface area contributed by atoms with Gasteiger partial charge in [-0.25, -0.2) is 0 Å². The zero-order chi connectivity index (χ0) is 13.9. The van der Waals surface area contributed by atoms with Gasteiger partial charge in [0.15, 0.2) is 11.5 Å². The molecule has 0 aliphatic rings. The van der Waals surface area contributed by atoms with Crippen molar-refractivity contribution in [2.45, 2.75) is 13.3 Å². The molecule has 0 aliphatic heterocycles. The van der Waals surface area contributed by atoms with Crippen molar-refractivity contribution in [1.82, 2.24) is 0 Å². The van der Waals surface area contributed by atoms with Crippen LogP contribution in [0.5, 0.6) is 11.5 Å². The highest BCUT2D eigenvalue weighted by atomic mass is 35.5. The van der Waals surface area contributed by atoms with Crippen LogP contribution in [-0.4, -0.2) is 25.8 Å². The third-order valence-corrected chi connectivity index (χ3v) is 2.74. The Balaban J connectivity index is 3.37. The van der Waals surface area contributed by atoms with E-state index in [0.29, 0.717) is 0 Å². The average Bonchev–Trinajstić information content (AvgIpc) is 2.31. The number of carbonyl (C=O) groups is 2. The number of hydrogen-bond donors (Lipinski definition) is 1. The van der Waals surface area contributed by atoms with E-state index >= 15 is 0 Å². The molecular formula is C12H14ClNO4. The molecule has 0 aromatic heterocycles. The normalized spacial score (nSPS) is 10.0. The number of hydrogen-bond acceptors (Lipinski definition) is 5. The van der Waals surface area contributed by atoms with Gasteiger partial charge in [-0.05, 0) is 13.0 Å². The van der Waals surface area contributed by atoms with E-state index in [9.17, 15) is 9.59 Å². The van der Waals surface area contributed by atoms with Crippen LogP contribution in [0.2, 0.25) is 5.02 Å². The second kappa shape index (κ2) is 5.73. The lowest BCUT2D eigenvalue weighted by Gasteiger charge is -2.14. The number of ketones is 2. The number of halogens is 1. The summed E-state index contributed by atoms with van der Waals surface area (Å²) >= 11 is 5.95. The molecule has 0 atom stereocenters. The first-order valence-corrected chi connectivity index (χ1v) is 5.52. The smallest absolute Gasteiger partial charge is 0.174 e. The molecule has 0 heterocycles. The molecule has 5 nitrogen and oxygen atoms in total. The summed E-state index contributed by atoms with van der Waals surface area (Å²) in [5, 5.41) is 0.175. The Kier molecular flexibility index (Phi) is 4.55. The summed E-state index contributed by atoms with van der Waals surface area (Å²) in [6.45, 7) is 1.33. The predicted molar refractivity (Wildman–Crippen MR) is 68.6 cm³/mol. The molecule has 0 radical (unpaired) electrons. The Morgan fingerprint density at radius 3 is 2.39 bits per heavy atom. The van der Waals surface area contributed by atoms with Gasteiger partial charge in [0.05, 0.1) is 31.9 Å². The van der Waals surface area contributed by atoms with Gasteiger partial charge in [0.1, 0.15) is 16.6 Å². The van der Waals surface area contributed by atoms with Crippen LogP contribution in [-0.2, 0) is 4.79 Å². The van der Waals surface area contributed by atoms with Crippen molar-refractivity contribution in [1.29, 1.82) is 0 Å². The lowest BCUT2D eigenvalue weighted by Crippen LogP contribution is -2.09. The third kappa shape index (κ3) is 2.73. The number of Topliss-reactive ketones (excluding diaryl/α,β-unsaturated/α-hetero) is 2. The first-order valence-electron chi connectivity index (χ1n) is 5.15. The summed E-state index contributed by atoms with van der Waals surface area (Å²) in [7, 11) is 2.78. The van der Waals surface area contributed by atoms with Crippen molar-refractivity contribution in [3.05, 3.63) is 16.7 Å². The molecule has 6 heteroatoms. The van der Waals surface area contributed by atoms with E-state index in [4.69, 9.17) is 26.8 Å². The van der Waals surface area contributed by atoms with Crippen LogP contribution in [0.25, 0.3) is 0 Å². The highest BCUT2D eigenvalue weighted by Gasteiger charge is 2.21. The van der Waals surface area contributed by atoms with E-state index in [1.807, 2.05) is 0 Å². The number of carbonyl (C=O) groups excluding carboxylic acids is 2. The summed E-state index contributed by atoms with van der Waals surface area (Å²) in [4.78, 5) is 22.9. The zero-order valence-corrected chi connectivity index (χ0v) is 11.1. The van der Waals surface area contributed by atoms with Gasteiger partial charge in [-0.3, -0.25) is 9.59 Å². The SMILES string of the molecule is COc1cc(C(=O)CC(C)=O)c(OC)c(N)c1Cl. The number of methoxy groups -OCH3 is 2. The van der Waals surface area contributed by atoms with Crippen molar-refractivity contribution < 1.29 is 19.1 Å². The number of nitrogens with two attached hydrogens (primary N) is 1. The van der Waals surface area contributed by atoms with Gasteiger partial charge in [0, 0.05) is 0 Å². The van der Waals surface area contributed by atoms with E-state index in [-0.39, 0.29) is 45.8 Å². The van der Waals surface area contributed by atoms with Crippen molar-refractivity contribution in [2.24, 2.45) is 0 Å². The average molecular weight is 272 g/mol. The molecule has 0 bridgehead atoms. The molecule has 18 heavy (non-hydrogen) atoms. The molecule has 0 saturated heterocycles. The summed E-state index contributed by atoms with van der Waals surface area (Å²) in [5.74, 6) is -0.204. The minimum Gasteiger partial charge on any atom is -0.495 e. The second-order valence-corrected chi connectivity index (χ2v) is 4.07. The van der Waals surface area contributed by atoms with E-state index in [0.717, 1.165) is 0 Å². The fourth-order valence-electron chi connectivity index (χ4n) is 1.53. The van der Waals surface area contributed by atoms with Crippen molar-refractivity contribution in [3.63, 3.8) is 0 Å². The minimum atomic E-state index is -0.388. The molecule has 0 spiro atoms. The van der Waals surface area contributed by atoms with E-state index < -0.39 is 0 Å². The highest BCUT2D eigenvalue weighted by molar-refractivity contribution is 6.35. The summed E-state index contributed by atoms with van der Waals surface area (Å²) in [6, 6.07) is 1.42. The molecule has 0 unspecified atom stereocenters. The molecule has 1 rings (SSSR count). The Hall–Kier alpha value is -1.75. The van der Waals surface area contributed by atoms with Crippen LogP contribution < -0.4 is 15.2 Å². The number of ether oxygens (including phenoxy) is 2. The van der Waals surface area contributed by atoms with E-state index in [1.54, 1.807) is 0 Å². The molecular weight excluding hydrogens is 258 g/mol. The lowest BCUT2D eigenvalue weighted by atomic mass is 10.0. The molecule has 2 N–H and O–H groups in total. The minimum absolute atomic E-state index is 0.116. The van der Waals surface area contributed by atoms with Gasteiger partial charge in [-0.1, -0.05) is 11.6 Å². The van der Waals surface area contributed by atoms with Gasteiger partial charge in [-0.15, -0.1) is 0 Å². The molecule has 1 aromatic carbocycles. The van der Waals surface area contributed by atoms with E-state index in [2.05, 4.69) is 0 Å². The zero-order valence-electron chi connectivity index (χ0n) is 10.4. The largest absolute Gasteiger partial charge is 0.495 e. The number of rotatable bonds is 5. The van der Waals surface area contributed by atoms with Crippen LogP contribution in [0.4, 0.5) is 5.69 Å². The topological polar surface area (TPSA) is 78.6 Å². The molecule has 98 valence electrons. The van der Waals surface area contributed by atoms with Gasteiger partial charge < -0.3 is 15.2 Å². The Morgan fingerprint density at radius 1 is 1.33 bits per heavy atom. The van der Waals surface area contributed by atoms with Crippen molar-refractivity contribution in [2.75, 3.05) is 20.0 Å². The molecule has 0 fully saturated rings. The molecule has 1 aromatic rings. The number of nitrogen functional groups attached to an aromatic ring is 1. The maximum absolute atomic E-state index is 11.9. The van der Waals surface area contributed by atoms with Gasteiger partial charge in [-0.2, -0.15) is 0 Å². The van der Waals surface area contributed by atoms with Crippen LogP contribution in [0.3, 0.4) is 0 Å². The lowest BCUT2D eigenvalue weighted by molar-refractivity contribution is -0.116. The quantitative estimate of drug-likeness (QED) is 0.504. The fraction of sp³-hybridized carbons (Fsp3) is 0.333. The van der Waals surface area contributed by atoms with Crippen LogP contribution in [0.15, 0.2) is 6.07 Å². The monoisotopic (exact) mass is 271 g/mol. The summed E-state index contributed by atoms with van der Waals surface area (Å²) in [6.07, 6.45) is -0.222. The Labute approximate surface area is 110 Å². The fourth-order valence-corrected chi connectivity index (χ4v) is 1.75. The van der Waals surface area contributed by atoms with Crippen LogP contribution in [0, 0.1) is 0 Å². The Morgan fingerprint density at radius 2 is 1.94 bits per heavy atom. The maximum Gasteiger partial charge on any atom is 0.174 e. The maximum atomic E-state index is 11.9. The Bertz CT molecular complexity index is 499. The molecule has 0 saturated carbocycles. The van der Waals surface area contributed by atoms with Crippen molar-refractivity contribution in [3.8, 4) is 11.5 Å². The number of anilines is 1. The third-order valence-electron chi connectivity index (χ3n) is 2.35.